The van der Waals surface area contributed by atoms with Crippen LogP contribution in [-0.4, -0.2) is 40.0 Å². The number of aromatic nitrogens is 1. The first-order valence-corrected chi connectivity index (χ1v) is 9.60. The van der Waals surface area contributed by atoms with Gasteiger partial charge in [0.05, 0.1) is 16.5 Å². The van der Waals surface area contributed by atoms with Crippen molar-refractivity contribution in [3.05, 3.63) is 70.9 Å². The number of rotatable bonds is 3. The molecule has 5 heteroatoms. The molecule has 28 heavy (non-hydrogen) atoms. The van der Waals surface area contributed by atoms with E-state index in [1.54, 1.807) is 4.90 Å². The first-order chi connectivity index (χ1) is 13.4. The summed E-state index contributed by atoms with van der Waals surface area (Å²) in [6.45, 7) is 4.90. The molecule has 0 aliphatic carbocycles. The van der Waals surface area contributed by atoms with Crippen molar-refractivity contribution >= 4 is 22.8 Å². The lowest BCUT2D eigenvalue weighted by molar-refractivity contribution is -0.145. The molecule has 2 N–H and O–H groups in total. The van der Waals surface area contributed by atoms with E-state index in [1.165, 1.54) is 0 Å². The molecule has 1 fully saturated rings. The maximum Gasteiger partial charge on any atom is 0.314 e. The van der Waals surface area contributed by atoms with Crippen molar-refractivity contribution in [3.63, 3.8) is 0 Å². The van der Waals surface area contributed by atoms with Crippen LogP contribution in [0.5, 0.6) is 0 Å². The highest BCUT2D eigenvalue weighted by Gasteiger charge is 2.44. The predicted molar refractivity (Wildman–Crippen MR) is 109 cm³/mol. The summed E-state index contributed by atoms with van der Waals surface area (Å²) in [5, 5.41) is 11.0. The van der Waals surface area contributed by atoms with Gasteiger partial charge in [0, 0.05) is 24.2 Å². The average Bonchev–Trinajstić information content (AvgIpc) is 3.02. The number of H-pyrrole nitrogens is 1. The van der Waals surface area contributed by atoms with Crippen molar-refractivity contribution in [1.29, 1.82) is 0 Å². The third-order valence-corrected chi connectivity index (χ3v) is 6.21. The Morgan fingerprint density at radius 3 is 2.32 bits per heavy atom. The fourth-order valence-corrected chi connectivity index (χ4v) is 4.31. The van der Waals surface area contributed by atoms with Gasteiger partial charge in [-0.15, -0.1) is 0 Å². The van der Waals surface area contributed by atoms with Crippen LogP contribution in [0, 0.1) is 13.8 Å². The number of hydrogen-bond donors (Lipinski definition) is 2. The minimum atomic E-state index is -0.927. The van der Waals surface area contributed by atoms with Crippen molar-refractivity contribution in [2.24, 2.45) is 0 Å². The number of carboxylic acid groups (broad SMARTS) is 1. The average molecular weight is 376 g/mol. The maximum atomic E-state index is 13.2. The van der Waals surface area contributed by atoms with Gasteiger partial charge in [0.2, 0.25) is 0 Å². The van der Waals surface area contributed by atoms with Gasteiger partial charge >= 0.3 is 5.97 Å². The summed E-state index contributed by atoms with van der Waals surface area (Å²) in [6, 6.07) is 15.1. The number of piperidine rings is 1. The number of nitrogens with zero attached hydrogens (tertiary/aromatic N) is 1. The Morgan fingerprint density at radius 1 is 1.00 bits per heavy atom. The minimum Gasteiger partial charge on any atom is -0.481 e. The molecule has 0 unspecified atom stereocenters. The van der Waals surface area contributed by atoms with Crippen LogP contribution in [0.25, 0.3) is 10.9 Å². The summed E-state index contributed by atoms with van der Waals surface area (Å²) < 4.78 is 0. The number of fused-ring (bicyclic) bond motifs is 1. The zero-order valence-corrected chi connectivity index (χ0v) is 16.2. The lowest BCUT2D eigenvalue weighted by atomic mass is 9.72. The number of carbonyl (C=O) groups excluding carboxylic acids is 1. The van der Waals surface area contributed by atoms with Gasteiger partial charge in [-0.2, -0.15) is 0 Å². The lowest BCUT2D eigenvalue weighted by Gasteiger charge is -2.39. The zero-order valence-electron chi connectivity index (χ0n) is 16.2. The fraction of sp³-hybridized carbons (Fsp3) is 0.304. The Balaban J connectivity index is 1.61. The quantitative estimate of drug-likeness (QED) is 0.724. The van der Waals surface area contributed by atoms with Crippen molar-refractivity contribution in [3.8, 4) is 0 Å². The monoisotopic (exact) mass is 376 g/mol. The van der Waals surface area contributed by atoms with Crippen LogP contribution in [0.15, 0.2) is 48.5 Å². The van der Waals surface area contributed by atoms with E-state index >= 15 is 0 Å². The van der Waals surface area contributed by atoms with E-state index in [9.17, 15) is 14.7 Å². The predicted octanol–water partition coefficient (Wildman–Crippen LogP) is 4.04. The summed E-state index contributed by atoms with van der Waals surface area (Å²) in [5.41, 5.74) is 3.60. The summed E-state index contributed by atoms with van der Waals surface area (Å²) in [5.74, 6) is -0.859. The molecule has 0 atom stereocenters. The molecule has 0 spiro atoms. The van der Waals surface area contributed by atoms with E-state index in [1.807, 2.05) is 62.4 Å². The first-order valence-electron chi connectivity index (χ1n) is 9.60. The van der Waals surface area contributed by atoms with Gasteiger partial charge < -0.3 is 15.0 Å². The van der Waals surface area contributed by atoms with Crippen molar-refractivity contribution in [2.75, 3.05) is 13.1 Å². The number of hydrogen-bond acceptors (Lipinski definition) is 2. The summed E-state index contributed by atoms with van der Waals surface area (Å²) in [6.07, 6.45) is 0.827. The second-order valence-corrected chi connectivity index (χ2v) is 7.65. The summed E-state index contributed by atoms with van der Waals surface area (Å²) in [4.78, 5) is 30.5. The van der Waals surface area contributed by atoms with Gasteiger partial charge in [-0.3, -0.25) is 9.59 Å². The van der Waals surface area contributed by atoms with Gasteiger partial charge in [0.25, 0.3) is 5.91 Å². The van der Waals surface area contributed by atoms with Crippen LogP contribution < -0.4 is 0 Å². The molecule has 1 aliphatic heterocycles. The molecular weight excluding hydrogens is 352 g/mol. The molecule has 1 amide bonds. The number of benzene rings is 2. The Labute approximate surface area is 164 Å². The summed E-state index contributed by atoms with van der Waals surface area (Å²) >= 11 is 0. The topological polar surface area (TPSA) is 73.4 Å². The molecule has 0 saturated carbocycles. The second kappa shape index (κ2) is 6.82. The highest BCUT2D eigenvalue weighted by Crippen LogP contribution is 2.36. The Morgan fingerprint density at radius 2 is 1.68 bits per heavy atom. The van der Waals surface area contributed by atoms with Gasteiger partial charge in [-0.1, -0.05) is 42.5 Å². The van der Waals surface area contributed by atoms with Crippen LogP contribution in [0.4, 0.5) is 0 Å². The molecule has 1 aliphatic rings. The molecule has 144 valence electrons. The molecular formula is C23H24N2O3. The molecule has 0 radical (unpaired) electrons. The van der Waals surface area contributed by atoms with Crippen molar-refractivity contribution < 1.29 is 14.7 Å². The number of amides is 1. The largest absolute Gasteiger partial charge is 0.481 e. The number of aromatic amines is 1. The van der Waals surface area contributed by atoms with Crippen LogP contribution in [0.3, 0.4) is 0 Å². The SMILES string of the molecule is Cc1[nH]c2c(C(=O)N3CCC(C(=O)O)(c4ccccc4)CC3)cccc2c1C. The van der Waals surface area contributed by atoms with E-state index in [0.29, 0.717) is 31.5 Å². The van der Waals surface area contributed by atoms with Crippen LogP contribution >= 0.6 is 0 Å². The van der Waals surface area contributed by atoms with Gasteiger partial charge in [-0.25, -0.2) is 0 Å². The molecule has 0 bridgehead atoms. The molecule has 5 nitrogen and oxygen atoms in total. The van der Waals surface area contributed by atoms with E-state index in [2.05, 4.69) is 4.98 Å². The van der Waals surface area contributed by atoms with E-state index in [-0.39, 0.29) is 5.91 Å². The number of carbonyl (C=O) groups is 2. The molecule has 1 saturated heterocycles. The van der Waals surface area contributed by atoms with Crippen LogP contribution in [0.1, 0.15) is 40.0 Å². The Bertz CT molecular complexity index is 1040. The van der Waals surface area contributed by atoms with Gasteiger partial charge in [-0.05, 0) is 43.9 Å². The molecule has 2 aromatic carbocycles. The van der Waals surface area contributed by atoms with Crippen molar-refractivity contribution in [2.45, 2.75) is 32.1 Å². The standard InChI is InChI=1S/C23H24N2O3/c1-15-16(2)24-20-18(15)9-6-10-19(20)21(26)25-13-11-23(12-14-25,22(27)28)17-7-4-3-5-8-17/h3-10,24H,11-14H2,1-2H3,(H,27,28). The molecule has 4 rings (SSSR count). The third kappa shape index (κ3) is 2.78. The zero-order chi connectivity index (χ0) is 19.9. The third-order valence-electron chi connectivity index (χ3n) is 6.21. The highest BCUT2D eigenvalue weighted by molar-refractivity contribution is 6.06. The fourth-order valence-electron chi connectivity index (χ4n) is 4.31. The first kappa shape index (κ1) is 18.3. The number of nitrogens with one attached hydrogen (secondary N) is 1. The van der Waals surface area contributed by atoms with Gasteiger partial charge in [0.15, 0.2) is 0 Å². The van der Waals surface area contributed by atoms with E-state index in [0.717, 1.165) is 27.7 Å². The molecule has 1 aromatic heterocycles. The number of likely N-dealkylation sites (tertiary alicyclic amines) is 1. The number of para-hydroxylation sites is 1. The molecule has 2 heterocycles. The Kier molecular flexibility index (Phi) is 4.46. The normalized spacial score (nSPS) is 16.3. The molecule has 3 aromatic rings. The lowest BCUT2D eigenvalue weighted by Crippen LogP contribution is -2.49. The van der Waals surface area contributed by atoms with Crippen LogP contribution in [0.2, 0.25) is 0 Å². The van der Waals surface area contributed by atoms with Crippen molar-refractivity contribution in [1.82, 2.24) is 9.88 Å². The van der Waals surface area contributed by atoms with Gasteiger partial charge in [0.1, 0.15) is 0 Å². The Hall–Kier alpha value is -3.08. The smallest absolute Gasteiger partial charge is 0.314 e. The van der Waals surface area contributed by atoms with Crippen LogP contribution in [-0.2, 0) is 10.2 Å². The maximum absolute atomic E-state index is 13.2. The highest BCUT2D eigenvalue weighted by atomic mass is 16.4. The second-order valence-electron chi connectivity index (χ2n) is 7.65. The van der Waals surface area contributed by atoms with E-state index < -0.39 is 11.4 Å². The summed E-state index contributed by atoms with van der Waals surface area (Å²) in [7, 11) is 0. The number of carboxylic acids is 1. The minimum absolute atomic E-state index is 0.0427. The number of aliphatic carboxylic acids is 1. The van der Waals surface area contributed by atoms with E-state index in [4.69, 9.17) is 0 Å². The number of aryl methyl sites for hydroxylation is 2.